The number of sulfone groups is 1. The summed E-state index contributed by atoms with van der Waals surface area (Å²) in [5.74, 6) is 0.110. The molecule has 0 aliphatic carbocycles. The summed E-state index contributed by atoms with van der Waals surface area (Å²) in [7, 11) is -3.01. The number of hydrogen-bond donors (Lipinski definition) is 1. The fourth-order valence-corrected chi connectivity index (χ4v) is 3.75. The maximum absolute atomic E-state index is 11.5. The topological polar surface area (TPSA) is 72.5 Å². The van der Waals surface area contributed by atoms with E-state index in [-0.39, 0.29) is 11.5 Å². The third-order valence-electron chi connectivity index (χ3n) is 2.31. The number of carbonyl (C=O) groups is 1. The second kappa shape index (κ2) is 3.91. The fourth-order valence-electron chi connectivity index (χ4n) is 1.66. The number of amides is 1. The molecule has 1 aliphatic heterocycles. The molecule has 0 aromatic rings. The van der Waals surface area contributed by atoms with Crippen molar-refractivity contribution in [1.82, 2.24) is 5.32 Å². The van der Waals surface area contributed by atoms with Crippen LogP contribution in [0.4, 0.5) is 4.79 Å². The number of alkyl carbamates (subject to hydrolysis) is 1. The van der Waals surface area contributed by atoms with Gasteiger partial charge in [0.1, 0.15) is 5.60 Å². The molecule has 0 spiro atoms. The molecule has 1 unspecified atom stereocenters. The summed E-state index contributed by atoms with van der Waals surface area (Å²) in [5, 5.41) is 2.63. The Bertz CT molecular complexity index is 382. The molecule has 0 aromatic carbocycles. The van der Waals surface area contributed by atoms with Gasteiger partial charge in [0.25, 0.3) is 0 Å². The lowest BCUT2D eigenvalue weighted by molar-refractivity contribution is 0.0475. The number of rotatable bonds is 1. The fraction of sp³-hybridized carbons (Fsp3) is 0.900. The van der Waals surface area contributed by atoms with Gasteiger partial charge in [-0.3, -0.25) is 0 Å². The first-order valence-corrected chi connectivity index (χ1v) is 7.05. The summed E-state index contributed by atoms with van der Waals surface area (Å²) < 4.78 is 27.7. The molecule has 1 aliphatic rings. The van der Waals surface area contributed by atoms with Crippen LogP contribution in [0.3, 0.4) is 0 Å². The van der Waals surface area contributed by atoms with Gasteiger partial charge in [-0.2, -0.15) is 0 Å². The lowest BCUT2D eigenvalue weighted by Gasteiger charge is -2.27. The zero-order valence-electron chi connectivity index (χ0n) is 10.2. The molecule has 0 aromatic heterocycles. The molecule has 0 radical (unpaired) electrons. The Hall–Kier alpha value is -0.780. The van der Waals surface area contributed by atoms with Gasteiger partial charge >= 0.3 is 6.09 Å². The maximum atomic E-state index is 11.5. The van der Waals surface area contributed by atoms with Gasteiger partial charge in [-0.15, -0.1) is 0 Å². The summed E-state index contributed by atoms with van der Waals surface area (Å²) in [6.45, 7) is 7.02. The third-order valence-corrected chi connectivity index (χ3v) is 4.21. The van der Waals surface area contributed by atoms with Gasteiger partial charge in [-0.05, 0) is 34.1 Å². The highest BCUT2D eigenvalue weighted by Gasteiger charge is 2.40. The molecule has 0 saturated carbocycles. The molecule has 1 atom stereocenters. The van der Waals surface area contributed by atoms with Crippen molar-refractivity contribution in [3.63, 3.8) is 0 Å². The Labute approximate surface area is 96.5 Å². The van der Waals surface area contributed by atoms with Crippen LogP contribution < -0.4 is 5.32 Å². The molecule has 1 rings (SSSR count). The van der Waals surface area contributed by atoms with Crippen LogP contribution in [0.1, 0.15) is 34.1 Å². The third kappa shape index (κ3) is 4.00. The van der Waals surface area contributed by atoms with E-state index < -0.39 is 27.1 Å². The van der Waals surface area contributed by atoms with Crippen molar-refractivity contribution in [2.24, 2.45) is 0 Å². The molecule has 16 heavy (non-hydrogen) atoms. The molecule has 0 bridgehead atoms. The Morgan fingerprint density at radius 3 is 2.31 bits per heavy atom. The predicted molar refractivity (Wildman–Crippen MR) is 61.0 cm³/mol. The van der Waals surface area contributed by atoms with E-state index in [9.17, 15) is 13.2 Å². The van der Waals surface area contributed by atoms with Crippen LogP contribution in [-0.4, -0.2) is 37.2 Å². The first-order chi connectivity index (χ1) is 7.02. The summed E-state index contributed by atoms with van der Waals surface area (Å²) in [5.41, 5.74) is -1.26. The van der Waals surface area contributed by atoms with E-state index >= 15 is 0 Å². The van der Waals surface area contributed by atoms with E-state index in [1.165, 1.54) is 0 Å². The zero-order chi connectivity index (χ0) is 12.6. The van der Waals surface area contributed by atoms with Crippen LogP contribution in [-0.2, 0) is 14.6 Å². The van der Waals surface area contributed by atoms with Crippen LogP contribution in [0.25, 0.3) is 0 Å². The molecule has 1 amide bonds. The van der Waals surface area contributed by atoms with Gasteiger partial charge in [-0.1, -0.05) is 0 Å². The molecule has 6 heteroatoms. The quantitative estimate of drug-likeness (QED) is 0.755. The number of nitrogens with one attached hydrogen (secondary N) is 1. The average molecular weight is 249 g/mol. The summed E-state index contributed by atoms with van der Waals surface area (Å²) in [4.78, 5) is 11.5. The van der Waals surface area contributed by atoms with Crippen molar-refractivity contribution in [1.29, 1.82) is 0 Å². The smallest absolute Gasteiger partial charge is 0.408 e. The van der Waals surface area contributed by atoms with E-state index in [4.69, 9.17) is 4.74 Å². The van der Waals surface area contributed by atoms with Crippen molar-refractivity contribution in [3.8, 4) is 0 Å². The van der Waals surface area contributed by atoms with Crippen LogP contribution in [0, 0.1) is 0 Å². The van der Waals surface area contributed by atoms with Crippen LogP contribution >= 0.6 is 0 Å². The van der Waals surface area contributed by atoms with Gasteiger partial charge in [0.2, 0.25) is 0 Å². The largest absolute Gasteiger partial charge is 0.444 e. The molecule has 1 fully saturated rings. The molecule has 1 N–H and O–H groups in total. The van der Waals surface area contributed by atoms with Crippen molar-refractivity contribution in [3.05, 3.63) is 0 Å². The first kappa shape index (κ1) is 13.3. The maximum Gasteiger partial charge on any atom is 0.408 e. The molecule has 5 nitrogen and oxygen atoms in total. The highest BCUT2D eigenvalue weighted by atomic mass is 32.2. The van der Waals surface area contributed by atoms with Crippen LogP contribution in [0.15, 0.2) is 0 Å². The Morgan fingerprint density at radius 1 is 1.38 bits per heavy atom. The number of ether oxygens (including phenoxy) is 1. The first-order valence-electron chi connectivity index (χ1n) is 5.23. The number of hydrogen-bond acceptors (Lipinski definition) is 4. The standard InChI is InChI=1S/C10H19NO4S/c1-9(2,3)15-8(12)11-10(4)5-6-16(13,14)7-10/h5-7H2,1-4H3,(H,11,12). The van der Waals surface area contributed by atoms with E-state index in [2.05, 4.69) is 5.32 Å². The second-order valence-corrected chi connectivity index (χ2v) is 7.71. The Morgan fingerprint density at radius 2 is 1.94 bits per heavy atom. The summed E-state index contributed by atoms with van der Waals surface area (Å²) in [6, 6.07) is 0. The summed E-state index contributed by atoms with van der Waals surface area (Å²) >= 11 is 0. The molecule has 94 valence electrons. The minimum absolute atomic E-state index is 0.0146. The van der Waals surface area contributed by atoms with E-state index in [0.29, 0.717) is 6.42 Å². The Balaban J connectivity index is 2.59. The normalized spacial score (nSPS) is 28.8. The van der Waals surface area contributed by atoms with Gasteiger partial charge in [0.15, 0.2) is 9.84 Å². The average Bonchev–Trinajstić information content (AvgIpc) is 2.19. The van der Waals surface area contributed by atoms with Crippen molar-refractivity contribution >= 4 is 15.9 Å². The molecular formula is C10H19NO4S. The lowest BCUT2D eigenvalue weighted by Crippen LogP contribution is -2.48. The SMILES string of the molecule is CC1(NC(=O)OC(C)(C)C)CCS(=O)(=O)C1. The highest BCUT2D eigenvalue weighted by Crippen LogP contribution is 2.23. The molecular weight excluding hydrogens is 230 g/mol. The predicted octanol–water partition coefficient (Wildman–Crippen LogP) is 1.09. The van der Waals surface area contributed by atoms with Crippen LogP contribution in [0.2, 0.25) is 0 Å². The monoisotopic (exact) mass is 249 g/mol. The van der Waals surface area contributed by atoms with Gasteiger partial charge < -0.3 is 10.1 Å². The molecule has 1 heterocycles. The van der Waals surface area contributed by atoms with Crippen molar-refractivity contribution in [2.45, 2.75) is 45.3 Å². The number of carbonyl (C=O) groups excluding carboxylic acids is 1. The van der Waals surface area contributed by atoms with Gasteiger partial charge in [0.05, 0.1) is 17.0 Å². The van der Waals surface area contributed by atoms with Crippen molar-refractivity contribution in [2.75, 3.05) is 11.5 Å². The Kier molecular flexibility index (Phi) is 3.24. The lowest BCUT2D eigenvalue weighted by atomic mass is 10.0. The zero-order valence-corrected chi connectivity index (χ0v) is 11.0. The van der Waals surface area contributed by atoms with E-state index in [0.717, 1.165) is 0 Å². The van der Waals surface area contributed by atoms with Crippen molar-refractivity contribution < 1.29 is 17.9 Å². The minimum atomic E-state index is -3.01. The summed E-state index contributed by atoms with van der Waals surface area (Å²) in [6.07, 6.45) is -0.124. The second-order valence-electron chi connectivity index (χ2n) is 5.53. The minimum Gasteiger partial charge on any atom is -0.444 e. The van der Waals surface area contributed by atoms with E-state index in [1.54, 1.807) is 27.7 Å². The highest BCUT2D eigenvalue weighted by molar-refractivity contribution is 7.91. The van der Waals surface area contributed by atoms with Gasteiger partial charge in [-0.25, -0.2) is 13.2 Å². The van der Waals surface area contributed by atoms with Crippen LogP contribution in [0.5, 0.6) is 0 Å². The van der Waals surface area contributed by atoms with E-state index in [1.807, 2.05) is 0 Å². The van der Waals surface area contributed by atoms with Gasteiger partial charge in [0, 0.05) is 0 Å². The molecule has 1 saturated heterocycles.